The van der Waals surface area contributed by atoms with Crippen LogP contribution in [0.15, 0.2) is 10.6 Å². The van der Waals surface area contributed by atoms with E-state index in [-0.39, 0.29) is 17.7 Å². The van der Waals surface area contributed by atoms with Crippen LogP contribution >= 0.6 is 11.3 Å². The van der Waals surface area contributed by atoms with Crippen LogP contribution < -0.4 is 15.4 Å². The number of aromatic nitrogens is 3. The van der Waals surface area contributed by atoms with Gasteiger partial charge in [0.15, 0.2) is 17.3 Å². The number of hydrogen-bond acceptors (Lipinski definition) is 11. The van der Waals surface area contributed by atoms with Crippen LogP contribution in [0.2, 0.25) is 0 Å². The lowest BCUT2D eigenvalue weighted by Gasteiger charge is -2.42. The molecule has 3 aromatic rings. The van der Waals surface area contributed by atoms with Crippen LogP contribution in [0.4, 0.5) is 15.2 Å². The van der Waals surface area contributed by atoms with E-state index in [4.69, 9.17) is 25.0 Å². The van der Waals surface area contributed by atoms with Crippen molar-refractivity contribution in [3.8, 4) is 23.5 Å². The number of halogens is 1. The summed E-state index contributed by atoms with van der Waals surface area (Å²) < 4.78 is 27.1. The van der Waals surface area contributed by atoms with E-state index in [2.05, 4.69) is 27.9 Å². The van der Waals surface area contributed by atoms with E-state index >= 15 is 0 Å². The SMILES string of the molecule is CCN1CCN(c2cc(O[C@@H](C)[C@@H]3C[C@@H](F)CN3C)nc(-c3noc4c3CCC[C@@]43CCCc4sc(N)c(C#N)c43)n2)CC12CC2. The zero-order chi connectivity index (χ0) is 31.8. The topological polar surface area (TPSA) is 121 Å². The fraction of sp³-hybridized carbons (Fsp3) is 0.647. The molecule has 2 saturated heterocycles. The highest BCUT2D eigenvalue weighted by atomic mass is 32.1. The molecule has 0 aromatic carbocycles. The molecule has 12 heteroatoms. The number of piperazine rings is 1. The molecule has 244 valence electrons. The van der Waals surface area contributed by atoms with Gasteiger partial charge in [-0.15, -0.1) is 11.3 Å². The Bertz CT molecular complexity index is 1690. The molecule has 2 N–H and O–H groups in total. The van der Waals surface area contributed by atoms with Crippen molar-refractivity contribution in [1.29, 1.82) is 5.26 Å². The number of rotatable bonds is 6. The Labute approximate surface area is 273 Å². The maximum absolute atomic E-state index is 14.3. The standard InChI is InChI=1S/C34H43FN8O2S/c1-4-43-14-13-42(19-33(43)11-12-33)26-16-27(44-20(2)24-15-21(35)18-41(24)3)39-32(38-26)29-22-7-5-9-34(30(22)45-40-29)10-6-8-25-28(34)23(17-36)31(37)46-25/h16,20-21,24H,4-15,18-19,37H2,1-3H3/t20-,21+,24-,34-/m0/s1. The number of anilines is 2. The number of ether oxygens (including phenoxy) is 1. The Balaban J connectivity index is 1.20. The van der Waals surface area contributed by atoms with Crippen LogP contribution in [0.5, 0.6) is 5.88 Å². The molecule has 0 radical (unpaired) electrons. The molecule has 3 aliphatic carbocycles. The Kier molecular flexibility index (Phi) is 7.31. The van der Waals surface area contributed by atoms with Gasteiger partial charge in [0.05, 0.1) is 11.0 Å². The summed E-state index contributed by atoms with van der Waals surface area (Å²) in [6.45, 7) is 8.49. The molecule has 46 heavy (non-hydrogen) atoms. The number of likely N-dealkylation sites (N-methyl/N-ethyl adjacent to an activating group) is 2. The van der Waals surface area contributed by atoms with Gasteiger partial charge >= 0.3 is 0 Å². The molecule has 4 atom stereocenters. The second-order valence-corrected chi connectivity index (χ2v) is 15.3. The summed E-state index contributed by atoms with van der Waals surface area (Å²) in [5, 5.41) is 15.4. The second kappa shape index (κ2) is 11.2. The van der Waals surface area contributed by atoms with Gasteiger partial charge in [-0.25, -0.2) is 9.37 Å². The molecule has 0 unspecified atom stereocenters. The van der Waals surface area contributed by atoms with E-state index in [0.717, 1.165) is 87.4 Å². The highest BCUT2D eigenvalue weighted by Crippen LogP contribution is 2.55. The smallest absolute Gasteiger partial charge is 0.219 e. The maximum atomic E-state index is 14.3. The average Bonchev–Trinajstić information content (AvgIpc) is 3.34. The number of nitrogens with two attached hydrogens (primary N) is 1. The number of thiophene rings is 1. The third-order valence-corrected chi connectivity index (χ3v) is 12.6. The quantitative estimate of drug-likeness (QED) is 0.388. The van der Waals surface area contributed by atoms with Crippen molar-refractivity contribution in [2.45, 2.75) is 101 Å². The van der Waals surface area contributed by atoms with Crippen LogP contribution in [0.1, 0.15) is 86.1 Å². The van der Waals surface area contributed by atoms with Gasteiger partial charge in [-0.05, 0) is 83.9 Å². The van der Waals surface area contributed by atoms with Crippen molar-refractivity contribution < 1.29 is 13.7 Å². The first kappa shape index (κ1) is 30.1. The minimum atomic E-state index is -0.850. The number of likely N-dealkylation sites (tertiary alicyclic amines) is 1. The average molecular weight is 647 g/mol. The maximum Gasteiger partial charge on any atom is 0.219 e. The van der Waals surface area contributed by atoms with Crippen LogP contribution in [0.25, 0.3) is 11.5 Å². The van der Waals surface area contributed by atoms with Gasteiger partial charge in [-0.3, -0.25) is 9.80 Å². The van der Waals surface area contributed by atoms with E-state index in [1.165, 1.54) is 17.7 Å². The predicted molar refractivity (Wildman–Crippen MR) is 175 cm³/mol. The molecule has 2 spiro atoms. The van der Waals surface area contributed by atoms with Gasteiger partial charge in [0.2, 0.25) is 5.88 Å². The van der Waals surface area contributed by atoms with E-state index in [1.54, 1.807) is 11.3 Å². The van der Waals surface area contributed by atoms with Gasteiger partial charge in [-0.2, -0.15) is 10.2 Å². The third kappa shape index (κ3) is 4.72. The molecule has 2 aliphatic heterocycles. The lowest BCUT2D eigenvalue weighted by molar-refractivity contribution is 0.117. The summed E-state index contributed by atoms with van der Waals surface area (Å²) in [7, 11) is 1.95. The molecular formula is C34H43FN8O2S. The zero-order valence-electron chi connectivity index (χ0n) is 27.0. The lowest BCUT2D eigenvalue weighted by Crippen LogP contribution is -2.55. The molecule has 0 bridgehead atoms. The first-order valence-electron chi connectivity index (χ1n) is 17.0. The molecule has 3 aromatic heterocycles. The van der Waals surface area contributed by atoms with Gasteiger partial charge in [-0.1, -0.05) is 12.1 Å². The molecule has 5 aliphatic rings. The van der Waals surface area contributed by atoms with Crippen LogP contribution in [0, 0.1) is 11.3 Å². The number of fused-ring (bicyclic) bond motifs is 4. The van der Waals surface area contributed by atoms with Gasteiger partial charge in [0.1, 0.15) is 29.2 Å². The van der Waals surface area contributed by atoms with E-state index < -0.39 is 11.6 Å². The van der Waals surface area contributed by atoms with Crippen molar-refractivity contribution in [3.05, 3.63) is 33.4 Å². The second-order valence-electron chi connectivity index (χ2n) is 14.2. The number of hydrogen-bond donors (Lipinski definition) is 1. The number of aryl methyl sites for hydroxylation is 1. The van der Waals surface area contributed by atoms with Gasteiger partial charge in [0.25, 0.3) is 0 Å². The Morgan fingerprint density at radius 3 is 2.74 bits per heavy atom. The lowest BCUT2D eigenvalue weighted by atomic mass is 9.63. The van der Waals surface area contributed by atoms with Crippen molar-refractivity contribution in [2.75, 3.05) is 50.4 Å². The monoisotopic (exact) mass is 646 g/mol. The van der Waals surface area contributed by atoms with Crippen LogP contribution in [-0.2, 0) is 18.3 Å². The Morgan fingerprint density at radius 1 is 1.22 bits per heavy atom. The van der Waals surface area contributed by atoms with E-state index in [0.29, 0.717) is 40.9 Å². The predicted octanol–water partition coefficient (Wildman–Crippen LogP) is 5.09. The zero-order valence-corrected chi connectivity index (χ0v) is 27.8. The first-order chi connectivity index (χ1) is 22.2. The molecule has 8 rings (SSSR count). The third-order valence-electron chi connectivity index (χ3n) is 11.5. The van der Waals surface area contributed by atoms with E-state index in [1.807, 2.05) is 24.9 Å². The van der Waals surface area contributed by atoms with Crippen molar-refractivity contribution in [1.82, 2.24) is 24.9 Å². The number of nitrogens with zero attached hydrogens (tertiary/aromatic N) is 7. The summed E-state index contributed by atoms with van der Waals surface area (Å²) in [4.78, 5) is 18.3. The highest BCUT2D eigenvalue weighted by molar-refractivity contribution is 7.16. The van der Waals surface area contributed by atoms with Crippen LogP contribution in [0.3, 0.4) is 0 Å². The molecule has 0 amide bonds. The normalized spacial score (nSPS) is 27.8. The number of nitriles is 1. The summed E-state index contributed by atoms with van der Waals surface area (Å²) in [5.74, 6) is 2.64. The van der Waals surface area contributed by atoms with Crippen molar-refractivity contribution >= 4 is 22.2 Å². The largest absolute Gasteiger partial charge is 0.473 e. The minimum Gasteiger partial charge on any atom is -0.473 e. The summed E-state index contributed by atoms with van der Waals surface area (Å²) >= 11 is 1.55. The van der Waals surface area contributed by atoms with Crippen molar-refractivity contribution in [3.63, 3.8) is 0 Å². The van der Waals surface area contributed by atoms with Crippen molar-refractivity contribution in [2.24, 2.45) is 0 Å². The van der Waals surface area contributed by atoms with Crippen LogP contribution in [-0.4, -0.2) is 88.6 Å². The molecule has 1 saturated carbocycles. The fourth-order valence-corrected chi connectivity index (χ4v) is 10.2. The number of alkyl halides is 1. The summed E-state index contributed by atoms with van der Waals surface area (Å²) in [6, 6.07) is 4.33. The molecular weight excluding hydrogens is 603 g/mol. The Morgan fingerprint density at radius 2 is 2.02 bits per heavy atom. The minimum absolute atomic E-state index is 0.0350. The molecule has 10 nitrogen and oxygen atoms in total. The fourth-order valence-electron chi connectivity index (χ4n) is 9.06. The molecule has 3 fully saturated rings. The summed E-state index contributed by atoms with van der Waals surface area (Å²) in [5.41, 5.74) is 9.49. The van der Waals surface area contributed by atoms with Gasteiger partial charge < -0.3 is 19.9 Å². The van der Waals surface area contributed by atoms with Gasteiger partial charge in [0, 0.05) is 54.3 Å². The van der Waals surface area contributed by atoms with E-state index in [9.17, 15) is 9.65 Å². The number of nitrogen functional groups attached to an aromatic ring is 1. The molecule has 5 heterocycles. The summed E-state index contributed by atoms with van der Waals surface area (Å²) in [6.07, 6.45) is 7.23. The first-order valence-corrected chi connectivity index (χ1v) is 17.8. The Hall–Kier alpha value is -3.27. The highest BCUT2D eigenvalue weighted by Gasteiger charge is 2.51.